The summed E-state index contributed by atoms with van der Waals surface area (Å²) >= 11 is 1.03. The number of methoxy groups -OCH3 is 1. The topological polar surface area (TPSA) is 94.1 Å². The maximum atomic E-state index is 11.1. The van der Waals surface area contributed by atoms with E-state index >= 15 is 0 Å². The molecule has 7 nitrogen and oxygen atoms in total. The summed E-state index contributed by atoms with van der Waals surface area (Å²) in [5.74, 6) is -0.426. The van der Waals surface area contributed by atoms with Crippen LogP contribution >= 0.6 is 11.8 Å². The first kappa shape index (κ1) is 12.5. The van der Waals surface area contributed by atoms with Crippen molar-refractivity contribution in [1.82, 2.24) is 14.8 Å². The minimum absolute atomic E-state index is 0.252. The highest BCUT2D eigenvalue weighted by atomic mass is 32.2. The molecule has 8 heteroatoms. The molecule has 1 N–H and O–H groups in total. The summed E-state index contributed by atoms with van der Waals surface area (Å²) in [6.07, 6.45) is 0. The van der Waals surface area contributed by atoms with Crippen molar-refractivity contribution in [3.8, 4) is 0 Å². The van der Waals surface area contributed by atoms with Crippen LogP contribution in [0.5, 0.6) is 0 Å². The van der Waals surface area contributed by atoms with Crippen molar-refractivity contribution >= 4 is 17.7 Å². The fourth-order valence-corrected chi connectivity index (χ4v) is 1.79. The van der Waals surface area contributed by atoms with Crippen LogP contribution in [0.4, 0.5) is 0 Å². The molecular formula is C8H11N3O4S. The second-order valence-electron chi connectivity index (χ2n) is 2.98. The third-order valence-electron chi connectivity index (χ3n) is 1.76. The minimum Gasteiger partial charge on any atom is -0.468 e. The third-order valence-corrected chi connectivity index (χ3v) is 2.88. The van der Waals surface area contributed by atoms with Gasteiger partial charge in [-0.2, -0.15) is 4.98 Å². The van der Waals surface area contributed by atoms with Gasteiger partial charge in [-0.1, -0.05) is 11.8 Å². The summed E-state index contributed by atoms with van der Waals surface area (Å²) < 4.78 is 5.82. The van der Waals surface area contributed by atoms with Crippen LogP contribution in [0.25, 0.3) is 0 Å². The molecule has 0 bridgehead atoms. The van der Waals surface area contributed by atoms with E-state index in [1.807, 2.05) is 0 Å². The summed E-state index contributed by atoms with van der Waals surface area (Å²) in [5.41, 5.74) is -1.67. The van der Waals surface area contributed by atoms with Crippen LogP contribution in [0.3, 0.4) is 0 Å². The van der Waals surface area contributed by atoms with E-state index in [4.69, 9.17) is 0 Å². The van der Waals surface area contributed by atoms with Crippen LogP contribution in [-0.2, 0) is 16.6 Å². The molecule has 1 aromatic rings. The zero-order valence-corrected chi connectivity index (χ0v) is 9.83. The Bertz CT molecular complexity index is 507. The lowest BCUT2D eigenvalue weighted by atomic mass is 10.5. The smallest absolute Gasteiger partial charge is 0.339 e. The van der Waals surface area contributed by atoms with Crippen molar-refractivity contribution in [2.24, 2.45) is 7.05 Å². The number of nitrogens with one attached hydrogen (secondary N) is 1. The summed E-state index contributed by atoms with van der Waals surface area (Å²) in [6, 6.07) is 0. The van der Waals surface area contributed by atoms with Crippen molar-refractivity contribution in [1.29, 1.82) is 0 Å². The molecule has 0 amide bonds. The summed E-state index contributed by atoms with van der Waals surface area (Å²) in [5, 5.41) is 2.03. The second kappa shape index (κ2) is 4.97. The van der Waals surface area contributed by atoms with E-state index < -0.39 is 22.3 Å². The molecule has 0 aliphatic rings. The molecule has 0 radical (unpaired) electrons. The number of ether oxygens (including phenoxy) is 1. The summed E-state index contributed by atoms with van der Waals surface area (Å²) in [4.78, 5) is 36.6. The Morgan fingerprint density at radius 2 is 2.19 bits per heavy atom. The highest BCUT2D eigenvalue weighted by molar-refractivity contribution is 8.00. The van der Waals surface area contributed by atoms with Crippen molar-refractivity contribution < 1.29 is 9.53 Å². The standard InChI is InChI=1S/C8H11N3O4S/c1-4(7(14)15-3)16-8-9-5(12)6(13)10-11(8)2/h4H,1-3H3,(H,10,13). The lowest BCUT2D eigenvalue weighted by molar-refractivity contribution is -0.139. The molecule has 0 saturated carbocycles. The molecule has 0 fully saturated rings. The van der Waals surface area contributed by atoms with Crippen LogP contribution in [0.2, 0.25) is 0 Å². The highest BCUT2D eigenvalue weighted by Gasteiger charge is 2.17. The minimum atomic E-state index is -0.877. The fraction of sp³-hybridized carbons (Fsp3) is 0.500. The Balaban J connectivity index is 2.98. The Labute approximate surface area is 94.8 Å². The molecule has 0 saturated heterocycles. The molecule has 1 rings (SSSR count). The number of nitrogens with zero attached hydrogens (tertiary/aromatic N) is 2. The van der Waals surface area contributed by atoms with Gasteiger partial charge in [0.25, 0.3) is 0 Å². The number of aromatic nitrogens is 3. The molecule has 0 aliphatic heterocycles. The van der Waals surface area contributed by atoms with E-state index in [1.165, 1.54) is 18.8 Å². The molecule has 0 spiro atoms. The van der Waals surface area contributed by atoms with E-state index in [1.54, 1.807) is 6.92 Å². The number of H-pyrrole nitrogens is 1. The van der Waals surface area contributed by atoms with E-state index in [9.17, 15) is 14.4 Å². The lowest BCUT2D eigenvalue weighted by Crippen LogP contribution is -2.34. The molecule has 0 aromatic carbocycles. The number of carbonyl (C=O) groups excluding carboxylic acids is 1. The highest BCUT2D eigenvalue weighted by Crippen LogP contribution is 2.19. The molecule has 1 aromatic heterocycles. The van der Waals surface area contributed by atoms with Crippen molar-refractivity contribution in [2.75, 3.05) is 7.11 Å². The van der Waals surface area contributed by atoms with Gasteiger partial charge in [0.15, 0.2) is 5.16 Å². The van der Waals surface area contributed by atoms with Gasteiger partial charge < -0.3 is 4.74 Å². The number of aromatic amines is 1. The monoisotopic (exact) mass is 245 g/mol. The quantitative estimate of drug-likeness (QED) is 0.422. The van der Waals surface area contributed by atoms with Gasteiger partial charge in [0.2, 0.25) is 0 Å². The number of hydrogen-bond acceptors (Lipinski definition) is 6. The number of thioether (sulfide) groups is 1. The summed E-state index contributed by atoms with van der Waals surface area (Å²) in [7, 11) is 2.80. The van der Waals surface area contributed by atoms with Crippen LogP contribution in [-0.4, -0.2) is 33.1 Å². The van der Waals surface area contributed by atoms with Crippen LogP contribution in [0, 0.1) is 0 Å². The van der Waals surface area contributed by atoms with Crippen LogP contribution in [0.1, 0.15) is 6.92 Å². The van der Waals surface area contributed by atoms with Gasteiger partial charge in [0.1, 0.15) is 5.25 Å². The van der Waals surface area contributed by atoms with E-state index in [0.29, 0.717) is 0 Å². The Morgan fingerprint density at radius 3 is 2.75 bits per heavy atom. The zero-order valence-electron chi connectivity index (χ0n) is 9.01. The largest absolute Gasteiger partial charge is 0.468 e. The molecular weight excluding hydrogens is 234 g/mol. The van der Waals surface area contributed by atoms with Crippen molar-refractivity contribution in [3.63, 3.8) is 0 Å². The van der Waals surface area contributed by atoms with E-state index in [0.717, 1.165) is 11.8 Å². The number of aryl methyl sites for hydroxylation is 1. The van der Waals surface area contributed by atoms with Gasteiger partial charge in [-0.3, -0.25) is 24.2 Å². The SMILES string of the molecule is COC(=O)C(C)Sc1nc(=O)c(=O)[nH]n1C. The van der Waals surface area contributed by atoms with Crippen molar-refractivity contribution in [2.45, 2.75) is 17.3 Å². The zero-order chi connectivity index (χ0) is 12.3. The van der Waals surface area contributed by atoms with E-state index in [2.05, 4.69) is 14.8 Å². The van der Waals surface area contributed by atoms with E-state index in [-0.39, 0.29) is 5.16 Å². The maximum Gasteiger partial charge on any atom is 0.339 e. The van der Waals surface area contributed by atoms with Gasteiger partial charge in [0, 0.05) is 7.05 Å². The first-order valence-electron chi connectivity index (χ1n) is 4.37. The average Bonchev–Trinajstić information content (AvgIpc) is 2.24. The first-order valence-corrected chi connectivity index (χ1v) is 5.25. The Morgan fingerprint density at radius 1 is 1.56 bits per heavy atom. The molecule has 88 valence electrons. The fourth-order valence-electron chi connectivity index (χ4n) is 0.938. The summed E-state index contributed by atoms with van der Waals surface area (Å²) in [6.45, 7) is 1.62. The molecule has 1 atom stereocenters. The number of esters is 1. The van der Waals surface area contributed by atoms with Crippen LogP contribution < -0.4 is 11.1 Å². The molecule has 1 heterocycles. The normalized spacial score (nSPS) is 12.2. The average molecular weight is 245 g/mol. The van der Waals surface area contributed by atoms with Gasteiger partial charge in [-0.15, -0.1) is 0 Å². The number of rotatable bonds is 3. The maximum absolute atomic E-state index is 11.1. The van der Waals surface area contributed by atoms with Gasteiger partial charge in [-0.25, -0.2) is 0 Å². The van der Waals surface area contributed by atoms with Crippen molar-refractivity contribution in [3.05, 3.63) is 20.7 Å². The first-order chi connectivity index (χ1) is 7.45. The third kappa shape index (κ3) is 2.72. The molecule has 1 unspecified atom stereocenters. The molecule has 16 heavy (non-hydrogen) atoms. The predicted octanol–water partition coefficient (Wildman–Crippen LogP) is -0.878. The van der Waals surface area contributed by atoms with Gasteiger partial charge in [-0.05, 0) is 6.92 Å². The number of carbonyl (C=O) groups is 1. The Kier molecular flexibility index (Phi) is 3.88. The molecule has 0 aliphatic carbocycles. The predicted molar refractivity (Wildman–Crippen MR) is 57.4 cm³/mol. The number of hydrogen-bond donors (Lipinski definition) is 1. The lowest BCUT2D eigenvalue weighted by Gasteiger charge is -2.09. The Hall–Kier alpha value is -1.57. The van der Waals surface area contributed by atoms with Gasteiger partial charge in [0.05, 0.1) is 7.11 Å². The van der Waals surface area contributed by atoms with Gasteiger partial charge >= 0.3 is 17.1 Å². The van der Waals surface area contributed by atoms with Crippen LogP contribution in [0.15, 0.2) is 14.7 Å². The second-order valence-corrected chi connectivity index (χ2v) is 4.29.